The first kappa shape index (κ1) is 22.5. The Hall–Kier alpha value is -3.26. The van der Waals surface area contributed by atoms with E-state index in [1.165, 1.54) is 5.56 Å². The Morgan fingerprint density at radius 3 is 2.74 bits per heavy atom. The summed E-state index contributed by atoms with van der Waals surface area (Å²) < 4.78 is 7.08. The third-order valence-corrected chi connectivity index (χ3v) is 7.29. The van der Waals surface area contributed by atoms with Gasteiger partial charge >= 0.3 is 0 Å². The summed E-state index contributed by atoms with van der Waals surface area (Å²) in [6, 6.07) is 6.54. The SMILES string of the molecule is CCN(CC)C1CCN(C(=O)c2cnn(-c3ncc4c(n3)-c3ccc(OC)cc3CC4)c2C)C1. The first-order valence-electron chi connectivity index (χ1n) is 12.2. The fourth-order valence-electron chi connectivity index (χ4n) is 5.28. The number of ether oxygens (including phenoxy) is 1. The van der Waals surface area contributed by atoms with Gasteiger partial charge in [-0.2, -0.15) is 5.10 Å². The van der Waals surface area contributed by atoms with Crippen LogP contribution in [0.4, 0.5) is 0 Å². The van der Waals surface area contributed by atoms with Crippen molar-refractivity contribution in [1.82, 2.24) is 29.5 Å². The second-order valence-electron chi connectivity index (χ2n) is 9.04. The molecule has 178 valence electrons. The average molecular weight is 461 g/mol. The van der Waals surface area contributed by atoms with Gasteiger partial charge in [0.2, 0.25) is 0 Å². The molecule has 0 spiro atoms. The highest BCUT2D eigenvalue weighted by molar-refractivity contribution is 5.95. The van der Waals surface area contributed by atoms with Crippen LogP contribution in [0.5, 0.6) is 5.75 Å². The van der Waals surface area contributed by atoms with Gasteiger partial charge in [0.15, 0.2) is 0 Å². The molecule has 1 fully saturated rings. The number of likely N-dealkylation sites (N-methyl/N-ethyl adjacent to an activating group) is 1. The van der Waals surface area contributed by atoms with E-state index in [-0.39, 0.29) is 5.91 Å². The maximum atomic E-state index is 13.3. The number of carbonyl (C=O) groups excluding carboxylic acids is 1. The summed E-state index contributed by atoms with van der Waals surface area (Å²) >= 11 is 0. The molecule has 0 saturated carbocycles. The molecule has 8 heteroatoms. The lowest BCUT2D eigenvalue weighted by atomic mass is 9.90. The van der Waals surface area contributed by atoms with Gasteiger partial charge in [-0.05, 0) is 68.6 Å². The molecule has 1 saturated heterocycles. The minimum absolute atomic E-state index is 0.0359. The van der Waals surface area contributed by atoms with E-state index < -0.39 is 0 Å². The monoisotopic (exact) mass is 460 g/mol. The van der Waals surface area contributed by atoms with Crippen LogP contribution in [-0.4, -0.2) is 74.8 Å². The van der Waals surface area contributed by atoms with Crippen molar-refractivity contribution in [1.29, 1.82) is 0 Å². The number of nitrogens with zero attached hydrogens (tertiary/aromatic N) is 6. The van der Waals surface area contributed by atoms with Gasteiger partial charge in [0.25, 0.3) is 11.9 Å². The molecule has 1 aliphatic carbocycles. The summed E-state index contributed by atoms with van der Waals surface area (Å²) in [6.45, 7) is 9.82. The largest absolute Gasteiger partial charge is 0.497 e. The Labute approximate surface area is 200 Å². The molecule has 0 N–H and O–H groups in total. The van der Waals surface area contributed by atoms with Crippen molar-refractivity contribution in [3.63, 3.8) is 0 Å². The summed E-state index contributed by atoms with van der Waals surface area (Å²) in [5.74, 6) is 1.38. The van der Waals surface area contributed by atoms with Crippen LogP contribution in [0.15, 0.2) is 30.6 Å². The molecule has 1 unspecified atom stereocenters. The van der Waals surface area contributed by atoms with Crippen molar-refractivity contribution in [2.45, 2.75) is 46.1 Å². The Balaban J connectivity index is 1.41. The van der Waals surface area contributed by atoms with Crippen LogP contribution in [0.1, 0.15) is 47.4 Å². The van der Waals surface area contributed by atoms with Crippen LogP contribution >= 0.6 is 0 Å². The second kappa shape index (κ2) is 9.18. The van der Waals surface area contributed by atoms with Crippen molar-refractivity contribution in [3.8, 4) is 23.0 Å². The molecule has 5 rings (SSSR count). The predicted octanol–water partition coefficient (Wildman–Crippen LogP) is 3.30. The van der Waals surface area contributed by atoms with Gasteiger partial charge in [-0.1, -0.05) is 13.8 Å². The van der Waals surface area contributed by atoms with Gasteiger partial charge in [0.05, 0.1) is 30.3 Å². The van der Waals surface area contributed by atoms with E-state index in [4.69, 9.17) is 9.72 Å². The van der Waals surface area contributed by atoms with E-state index >= 15 is 0 Å². The van der Waals surface area contributed by atoms with Crippen LogP contribution in [0.3, 0.4) is 0 Å². The van der Waals surface area contributed by atoms with Crippen molar-refractivity contribution in [2.24, 2.45) is 0 Å². The van der Waals surface area contributed by atoms with Crippen LogP contribution in [0.25, 0.3) is 17.2 Å². The minimum Gasteiger partial charge on any atom is -0.497 e. The smallest absolute Gasteiger partial charge is 0.257 e. The van der Waals surface area contributed by atoms with Crippen LogP contribution in [-0.2, 0) is 12.8 Å². The fourth-order valence-corrected chi connectivity index (χ4v) is 5.28. The maximum Gasteiger partial charge on any atom is 0.257 e. The highest BCUT2D eigenvalue weighted by atomic mass is 16.5. The Bertz CT molecular complexity index is 1220. The molecule has 1 amide bonds. The summed E-state index contributed by atoms with van der Waals surface area (Å²) in [6.07, 6.45) is 6.39. The molecule has 2 aromatic heterocycles. The average Bonchev–Trinajstić information content (AvgIpc) is 3.51. The third-order valence-electron chi connectivity index (χ3n) is 7.29. The first-order valence-corrected chi connectivity index (χ1v) is 12.2. The molecule has 3 aromatic rings. The van der Waals surface area contributed by atoms with E-state index in [9.17, 15) is 4.79 Å². The number of hydrogen-bond acceptors (Lipinski definition) is 6. The Morgan fingerprint density at radius 2 is 1.97 bits per heavy atom. The summed E-state index contributed by atoms with van der Waals surface area (Å²) in [7, 11) is 1.68. The highest BCUT2D eigenvalue weighted by Gasteiger charge is 2.31. The highest BCUT2D eigenvalue weighted by Crippen LogP contribution is 2.34. The van der Waals surface area contributed by atoms with Gasteiger partial charge in [-0.15, -0.1) is 0 Å². The number of hydrogen-bond donors (Lipinski definition) is 0. The molecular weight excluding hydrogens is 428 g/mol. The lowest BCUT2D eigenvalue weighted by Crippen LogP contribution is -2.38. The van der Waals surface area contributed by atoms with Crippen molar-refractivity contribution >= 4 is 5.91 Å². The first-order chi connectivity index (χ1) is 16.5. The molecule has 3 heterocycles. The molecule has 1 aromatic carbocycles. The molecule has 34 heavy (non-hydrogen) atoms. The zero-order valence-electron chi connectivity index (χ0n) is 20.4. The van der Waals surface area contributed by atoms with Gasteiger partial charge in [0.1, 0.15) is 5.75 Å². The molecule has 0 bridgehead atoms. The molecule has 8 nitrogen and oxygen atoms in total. The quantitative estimate of drug-likeness (QED) is 0.562. The summed E-state index contributed by atoms with van der Waals surface area (Å²) in [5, 5.41) is 4.51. The second-order valence-corrected chi connectivity index (χ2v) is 9.04. The zero-order chi connectivity index (χ0) is 23.8. The molecule has 1 aliphatic heterocycles. The third kappa shape index (κ3) is 3.86. The van der Waals surface area contributed by atoms with E-state index in [1.807, 2.05) is 24.1 Å². The molecule has 0 radical (unpaired) electrons. The minimum atomic E-state index is 0.0359. The fraction of sp³-hybridized carbons (Fsp3) is 0.462. The Kier molecular flexibility index (Phi) is 6.08. The lowest BCUT2D eigenvalue weighted by molar-refractivity contribution is 0.0777. The molecule has 1 atom stereocenters. The van der Waals surface area contributed by atoms with Crippen LogP contribution in [0, 0.1) is 6.92 Å². The number of carbonyl (C=O) groups is 1. The van der Waals surface area contributed by atoms with E-state index in [1.54, 1.807) is 18.0 Å². The van der Waals surface area contributed by atoms with Gasteiger partial charge < -0.3 is 9.64 Å². The van der Waals surface area contributed by atoms with E-state index in [2.05, 4.69) is 41.0 Å². The number of aryl methyl sites for hydroxylation is 2. The number of methoxy groups -OCH3 is 1. The van der Waals surface area contributed by atoms with Crippen LogP contribution in [0.2, 0.25) is 0 Å². The number of rotatable bonds is 6. The maximum absolute atomic E-state index is 13.3. The van der Waals surface area contributed by atoms with Gasteiger partial charge in [-0.3, -0.25) is 9.69 Å². The van der Waals surface area contributed by atoms with Crippen molar-refractivity contribution in [2.75, 3.05) is 33.3 Å². The topological polar surface area (TPSA) is 76.4 Å². The normalized spacial score (nSPS) is 17.1. The number of fused-ring (bicyclic) bond motifs is 3. The van der Waals surface area contributed by atoms with Crippen molar-refractivity contribution in [3.05, 3.63) is 53.0 Å². The number of aromatic nitrogens is 4. The van der Waals surface area contributed by atoms with Crippen molar-refractivity contribution < 1.29 is 9.53 Å². The number of benzene rings is 1. The standard InChI is InChI=1S/C26H32N6O2/c1-5-30(6-2)20-11-12-31(16-20)25(33)23-15-28-32(17(23)3)26-27-14-19-8-7-18-13-21(34-4)9-10-22(18)24(19)29-26/h9-10,13-15,20H,5-8,11-12,16H2,1-4H3. The summed E-state index contributed by atoms with van der Waals surface area (Å²) in [4.78, 5) is 27.2. The van der Waals surface area contributed by atoms with Gasteiger partial charge in [0, 0.05) is 30.9 Å². The molecular formula is C26H32N6O2. The van der Waals surface area contributed by atoms with Crippen LogP contribution < -0.4 is 4.74 Å². The Morgan fingerprint density at radius 1 is 1.18 bits per heavy atom. The lowest BCUT2D eigenvalue weighted by Gasteiger charge is -2.26. The summed E-state index contributed by atoms with van der Waals surface area (Å²) in [5.41, 5.74) is 5.77. The molecule has 2 aliphatic rings. The van der Waals surface area contributed by atoms with E-state index in [0.717, 1.165) is 73.7 Å². The number of likely N-dealkylation sites (tertiary alicyclic amines) is 1. The van der Waals surface area contributed by atoms with E-state index in [0.29, 0.717) is 17.6 Å². The predicted molar refractivity (Wildman–Crippen MR) is 131 cm³/mol. The zero-order valence-corrected chi connectivity index (χ0v) is 20.4. The van der Waals surface area contributed by atoms with Gasteiger partial charge in [-0.25, -0.2) is 14.6 Å². The number of amides is 1.